The SMILES string of the molecule is COc1ccc([Si](C)(C)[C@H]2[C@H](CCn3cc([C@H](O)c4ccccc4)nn3)O[C@@]3(C(=O)N(C)c4ccccc43)[C@@H]2C)cc1. The molecule has 3 aromatic carbocycles. The number of amides is 1. The minimum Gasteiger partial charge on any atom is -0.497 e. The Morgan fingerprint density at radius 2 is 1.74 bits per heavy atom. The first-order valence-corrected chi connectivity index (χ1v) is 17.6. The molecule has 1 spiro atoms. The fourth-order valence-electron chi connectivity index (χ4n) is 7.26. The zero-order valence-electron chi connectivity index (χ0n) is 24.8. The highest BCUT2D eigenvalue weighted by atomic mass is 28.3. The molecule has 1 fully saturated rings. The van der Waals surface area contributed by atoms with Crippen molar-refractivity contribution >= 4 is 24.9 Å². The summed E-state index contributed by atoms with van der Waals surface area (Å²) in [5.74, 6) is 0.779. The number of ether oxygens (including phenoxy) is 2. The van der Waals surface area contributed by atoms with Gasteiger partial charge in [0, 0.05) is 25.1 Å². The Hall–Kier alpha value is -3.79. The van der Waals surface area contributed by atoms with Gasteiger partial charge in [-0.15, -0.1) is 5.10 Å². The second-order valence-electron chi connectivity index (χ2n) is 12.0. The summed E-state index contributed by atoms with van der Waals surface area (Å²) in [6.45, 7) is 7.51. The number of hydrogen-bond donors (Lipinski definition) is 1. The number of para-hydroxylation sites is 1. The third-order valence-electron chi connectivity index (χ3n) is 9.47. The maximum Gasteiger partial charge on any atom is 0.264 e. The monoisotopic (exact) mass is 582 g/mol. The number of aliphatic hydroxyl groups excluding tert-OH is 1. The molecule has 1 N–H and O–H groups in total. The summed E-state index contributed by atoms with van der Waals surface area (Å²) in [5.41, 5.74) is 2.25. The van der Waals surface area contributed by atoms with E-state index in [2.05, 4.69) is 42.5 Å². The van der Waals surface area contributed by atoms with Gasteiger partial charge in [0.05, 0.1) is 33.2 Å². The van der Waals surface area contributed by atoms with Crippen LogP contribution in [-0.2, 0) is 21.7 Å². The van der Waals surface area contributed by atoms with Crippen molar-refractivity contribution in [1.29, 1.82) is 0 Å². The summed E-state index contributed by atoms with van der Waals surface area (Å²) in [7, 11) is 1.32. The minimum atomic E-state index is -2.21. The molecule has 0 saturated carbocycles. The number of methoxy groups -OCH3 is 1. The van der Waals surface area contributed by atoms with E-state index in [-0.39, 0.29) is 23.5 Å². The fraction of sp³-hybridized carbons (Fsp3) is 0.364. The van der Waals surface area contributed by atoms with Gasteiger partial charge < -0.3 is 19.5 Å². The van der Waals surface area contributed by atoms with E-state index in [9.17, 15) is 9.90 Å². The average Bonchev–Trinajstić information content (AvgIpc) is 3.67. The Balaban J connectivity index is 1.33. The number of aryl methyl sites for hydroxylation is 1. The molecule has 42 heavy (non-hydrogen) atoms. The van der Waals surface area contributed by atoms with E-state index >= 15 is 0 Å². The van der Waals surface area contributed by atoms with Gasteiger partial charge in [0.15, 0.2) is 5.60 Å². The van der Waals surface area contributed by atoms with Crippen LogP contribution in [-0.4, -0.2) is 54.3 Å². The van der Waals surface area contributed by atoms with E-state index in [1.54, 1.807) is 22.9 Å². The summed E-state index contributed by atoms with van der Waals surface area (Å²) >= 11 is 0. The van der Waals surface area contributed by atoms with Crippen LogP contribution in [0.1, 0.15) is 36.3 Å². The van der Waals surface area contributed by atoms with Crippen LogP contribution in [0.15, 0.2) is 85.1 Å². The van der Waals surface area contributed by atoms with Gasteiger partial charge >= 0.3 is 0 Å². The van der Waals surface area contributed by atoms with Crippen molar-refractivity contribution in [3.8, 4) is 5.75 Å². The predicted molar refractivity (Wildman–Crippen MR) is 165 cm³/mol. The Morgan fingerprint density at radius 1 is 1.05 bits per heavy atom. The molecule has 2 aliphatic rings. The molecule has 9 heteroatoms. The molecular formula is C33H38N4O4Si. The van der Waals surface area contributed by atoms with Gasteiger partial charge in [0.1, 0.15) is 17.5 Å². The molecule has 218 valence electrons. The molecular weight excluding hydrogens is 544 g/mol. The first-order valence-electron chi connectivity index (χ1n) is 14.5. The molecule has 8 nitrogen and oxygen atoms in total. The van der Waals surface area contributed by atoms with E-state index in [1.807, 2.05) is 73.8 Å². The van der Waals surface area contributed by atoms with Crippen molar-refractivity contribution in [2.24, 2.45) is 5.92 Å². The van der Waals surface area contributed by atoms with E-state index in [0.29, 0.717) is 18.7 Å². The molecule has 4 aromatic rings. The van der Waals surface area contributed by atoms with Crippen molar-refractivity contribution in [1.82, 2.24) is 15.0 Å². The van der Waals surface area contributed by atoms with Crippen LogP contribution >= 0.6 is 0 Å². The number of benzene rings is 3. The van der Waals surface area contributed by atoms with Crippen molar-refractivity contribution in [3.63, 3.8) is 0 Å². The third-order valence-corrected chi connectivity index (χ3v) is 13.8. The largest absolute Gasteiger partial charge is 0.497 e. The number of carbonyl (C=O) groups is 1. The second kappa shape index (κ2) is 10.8. The first-order chi connectivity index (χ1) is 20.2. The fourth-order valence-corrected chi connectivity index (χ4v) is 11.3. The summed E-state index contributed by atoms with van der Waals surface area (Å²) in [4.78, 5) is 15.8. The molecule has 1 saturated heterocycles. The van der Waals surface area contributed by atoms with Crippen LogP contribution in [0.5, 0.6) is 5.75 Å². The number of aromatic nitrogens is 3. The highest BCUT2D eigenvalue weighted by Gasteiger charge is 2.65. The Bertz CT molecular complexity index is 1570. The van der Waals surface area contributed by atoms with Crippen LogP contribution in [0, 0.1) is 5.92 Å². The molecule has 3 heterocycles. The number of fused-ring (bicyclic) bond motifs is 2. The molecule has 0 radical (unpaired) electrons. The summed E-state index contributed by atoms with van der Waals surface area (Å²) in [5, 5.41) is 20.7. The summed E-state index contributed by atoms with van der Waals surface area (Å²) in [6.07, 6.45) is 1.44. The normalized spacial score (nSPS) is 24.3. The van der Waals surface area contributed by atoms with Gasteiger partial charge in [-0.05, 0) is 35.7 Å². The van der Waals surface area contributed by atoms with Crippen molar-refractivity contribution < 1.29 is 19.4 Å². The molecule has 0 bridgehead atoms. The van der Waals surface area contributed by atoms with Gasteiger partial charge in [-0.1, -0.05) is 91.1 Å². The number of nitrogens with zero attached hydrogens (tertiary/aromatic N) is 4. The second-order valence-corrected chi connectivity index (χ2v) is 16.7. The van der Waals surface area contributed by atoms with Crippen LogP contribution in [0.3, 0.4) is 0 Å². The van der Waals surface area contributed by atoms with Crippen LogP contribution < -0.4 is 14.8 Å². The number of carbonyl (C=O) groups excluding carboxylic acids is 1. The lowest BCUT2D eigenvalue weighted by molar-refractivity contribution is -0.145. The lowest BCUT2D eigenvalue weighted by atomic mass is 9.82. The Morgan fingerprint density at radius 3 is 2.45 bits per heavy atom. The molecule has 0 aliphatic carbocycles. The van der Waals surface area contributed by atoms with E-state index in [4.69, 9.17) is 9.47 Å². The standard InChI is InChI=1S/C33H38N4O4Si/c1-22-31(42(4,5)25-17-15-24(40-3)16-18-25)29(41-33(22)26-13-9-10-14-28(26)36(2)32(33)39)19-20-37-21-27(34-35-37)30(38)23-11-7-6-8-12-23/h6-18,21-22,29-31,38H,19-20H2,1-5H3/t22-,29+,30-,31-,33+/m1/s1. The van der Waals surface area contributed by atoms with Crippen molar-refractivity contribution in [2.45, 2.75) is 56.3 Å². The molecule has 2 aliphatic heterocycles. The third kappa shape index (κ3) is 4.47. The number of rotatable bonds is 8. The van der Waals surface area contributed by atoms with Crippen molar-refractivity contribution in [3.05, 3.63) is 102 Å². The average molecular weight is 583 g/mol. The van der Waals surface area contributed by atoms with Crippen LogP contribution in [0.4, 0.5) is 5.69 Å². The van der Waals surface area contributed by atoms with E-state index in [1.165, 1.54) is 5.19 Å². The molecule has 1 aromatic heterocycles. The van der Waals surface area contributed by atoms with Crippen LogP contribution in [0.2, 0.25) is 18.6 Å². The smallest absolute Gasteiger partial charge is 0.264 e. The van der Waals surface area contributed by atoms with Crippen molar-refractivity contribution in [2.75, 3.05) is 19.1 Å². The summed E-state index contributed by atoms with van der Waals surface area (Å²) in [6, 6.07) is 25.9. The number of aliphatic hydroxyl groups is 1. The van der Waals surface area contributed by atoms with Gasteiger partial charge in [-0.2, -0.15) is 0 Å². The lowest BCUT2D eigenvalue weighted by Crippen LogP contribution is -2.51. The number of anilines is 1. The van der Waals surface area contributed by atoms with Crippen LogP contribution in [0.25, 0.3) is 0 Å². The minimum absolute atomic E-state index is 0.00254. The van der Waals surface area contributed by atoms with Gasteiger partial charge in [-0.25, -0.2) is 0 Å². The topological polar surface area (TPSA) is 89.7 Å². The molecule has 0 unspecified atom stereocenters. The number of hydrogen-bond acceptors (Lipinski definition) is 6. The zero-order chi connectivity index (χ0) is 29.6. The highest BCUT2D eigenvalue weighted by molar-refractivity contribution is 6.91. The molecule has 5 atom stereocenters. The molecule has 6 rings (SSSR count). The van der Waals surface area contributed by atoms with Gasteiger partial charge in [0.2, 0.25) is 0 Å². The highest BCUT2D eigenvalue weighted by Crippen LogP contribution is 2.59. The first kappa shape index (κ1) is 28.3. The Labute approximate surface area is 247 Å². The summed E-state index contributed by atoms with van der Waals surface area (Å²) < 4.78 is 14.3. The van der Waals surface area contributed by atoms with Gasteiger partial charge in [-0.3, -0.25) is 9.48 Å². The predicted octanol–water partition coefficient (Wildman–Crippen LogP) is 4.65. The molecule has 1 amide bonds. The number of likely N-dealkylation sites (N-methyl/N-ethyl adjacent to an activating group) is 1. The van der Waals surface area contributed by atoms with E-state index in [0.717, 1.165) is 22.6 Å². The van der Waals surface area contributed by atoms with E-state index < -0.39 is 19.8 Å². The maximum atomic E-state index is 14.1. The van der Waals surface area contributed by atoms with Gasteiger partial charge in [0.25, 0.3) is 5.91 Å². The zero-order valence-corrected chi connectivity index (χ0v) is 25.8. The quantitative estimate of drug-likeness (QED) is 0.304. The maximum absolute atomic E-state index is 14.1. The Kier molecular flexibility index (Phi) is 7.28. The lowest BCUT2D eigenvalue weighted by Gasteiger charge is -2.37.